The number of rotatable bonds is 5. The van der Waals surface area contributed by atoms with Crippen LogP contribution in [-0.2, 0) is 4.74 Å². The Kier molecular flexibility index (Phi) is 5.08. The van der Waals surface area contributed by atoms with Crippen LogP contribution in [0.2, 0.25) is 5.02 Å². The van der Waals surface area contributed by atoms with Crippen LogP contribution < -0.4 is 4.74 Å². The van der Waals surface area contributed by atoms with E-state index < -0.39 is 0 Å². The molecule has 0 aliphatic heterocycles. The van der Waals surface area contributed by atoms with E-state index in [1.54, 1.807) is 35.3 Å². The Morgan fingerprint density at radius 2 is 1.91 bits per heavy atom. The van der Waals surface area contributed by atoms with Gasteiger partial charge in [-0.05, 0) is 31.2 Å². The lowest BCUT2D eigenvalue weighted by Gasteiger charge is -2.25. The highest BCUT2D eigenvalue weighted by molar-refractivity contribution is 6.30. The first-order valence-electron chi connectivity index (χ1n) is 7.07. The minimum Gasteiger partial charge on any atom is -0.492 e. The van der Waals surface area contributed by atoms with Crippen molar-refractivity contribution >= 4 is 17.5 Å². The second-order valence-corrected chi connectivity index (χ2v) is 6.15. The smallest absolute Gasteiger partial charge is 0.261 e. The topological polar surface area (TPSA) is 49.2 Å². The second kappa shape index (κ2) is 6.83. The molecule has 0 spiro atoms. The average molecular weight is 322 g/mol. The number of benzene rings is 1. The van der Waals surface area contributed by atoms with E-state index in [9.17, 15) is 0 Å². The quantitative estimate of drug-likeness (QED) is 0.774. The fourth-order valence-corrected chi connectivity index (χ4v) is 1.99. The predicted molar refractivity (Wildman–Crippen MR) is 86.4 cm³/mol. The van der Waals surface area contributed by atoms with Gasteiger partial charge in [0.25, 0.3) is 5.88 Å². The molecule has 0 fully saturated rings. The maximum atomic E-state index is 6.01. The Balaban J connectivity index is 2.48. The van der Waals surface area contributed by atoms with Crippen LogP contribution in [0.5, 0.6) is 5.75 Å². The van der Waals surface area contributed by atoms with Gasteiger partial charge in [-0.2, -0.15) is 9.78 Å². The van der Waals surface area contributed by atoms with Gasteiger partial charge < -0.3 is 9.47 Å². The zero-order valence-corrected chi connectivity index (χ0v) is 14.0. The molecule has 0 N–H and O–H groups in total. The molecule has 6 heteroatoms. The second-order valence-electron chi connectivity index (χ2n) is 5.71. The molecule has 0 amide bonds. The van der Waals surface area contributed by atoms with Crippen LogP contribution in [0.4, 0.5) is 0 Å². The highest BCUT2D eigenvalue weighted by atomic mass is 35.5. The van der Waals surface area contributed by atoms with Gasteiger partial charge in [-0.25, -0.2) is 4.98 Å². The number of hydrogen-bond acceptors (Lipinski definition) is 4. The molecule has 0 unspecified atom stereocenters. The summed E-state index contributed by atoms with van der Waals surface area (Å²) in [5.41, 5.74) is -0.246. The van der Waals surface area contributed by atoms with Crippen molar-refractivity contribution in [1.29, 1.82) is 0 Å². The summed E-state index contributed by atoms with van der Waals surface area (Å²) in [5, 5.41) is 4.82. The van der Waals surface area contributed by atoms with Crippen LogP contribution in [0.15, 0.2) is 42.7 Å². The third kappa shape index (κ3) is 4.01. The molecule has 0 aliphatic rings. The van der Waals surface area contributed by atoms with Crippen LogP contribution in [0.25, 0.3) is 5.88 Å². The van der Waals surface area contributed by atoms with Crippen molar-refractivity contribution in [3.63, 3.8) is 0 Å². The summed E-state index contributed by atoms with van der Waals surface area (Å²) in [6, 6.07) is 7.14. The molecule has 0 aliphatic carbocycles. The maximum Gasteiger partial charge on any atom is 0.261 e. The number of nitrogens with zero attached hydrogens (tertiary/aromatic N) is 3. The standard InChI is InChI=1S/C16H20ClN3O2/c1-5-21-14(16(2,3)4)15(20-11-18-10-19-20)22-13-8-6-12(17)7-9-13/h6-11H,5H2,1-4H3/b15-14-. The van der Waals surface area contributed by atoms with Crippen molar-refractivity contribution in [2.24, 2.45) is 5.41 Å². The summed E-state index contributed by atoms with van der Waals surface area (Å²) in [4.78, 5) is 3.98. The van der Waals surface area contributed by atoms with Gasteiger partial charge in [0.1, 0.15) is 18.4 Å². The Morgan fingerprint density at radius 1 is 1.23 bits per heavy atom. The monoisotopic (exact) mass is 321 g/mol. The van der Waals surface area contributed by atoms with Gasteiger partial charge in [0.15, 0.2) is 5.76 Å². The minimum absolute atomic E-state index is 0.246. The van der Waals surface area contributed by atoms with E-state index in [0.29, 0.717) is 29.0 Å². The van der Waals surface area contributed by atoms with Gasteiger partial charge >= 0.3 is 0 Å². The van der Waals surface area contributed by atoms with Gasteiger partial charge in [-0.1, -0.05) is 32.4 Å². The van der Waals surface area contributed by atoms with Gasteiger partial charge in [0.2, 0.25) is 0 Å². The maximum absolute atomic E-state index is 6.01. The first-order chi connectivity index (χ1) is 10.4. The summed E-state index contributed by atoms with van der Waals surface area (Å²) in [6.45, 7) is 8.64. The third-order valence-corrected chi connectivity index (χ3v) is 3.07. The van der Waals surface area contributed by atoms with Crippen molar-refractivity contribution in [2.75, 3.05) is 6.61 Å². The normalized spacial score (nSPS) is 12.8. The van der Waals surface area contributed by atoms with E-state index in [1.165, 1.54) is 6.33 Å². The first-order valence-corrected chi connectivity index (χ1v) is 7.45. The molecule has 22 heavy (non-hydrogen) atoms. The molecule has 0 bridgehead atoms. The van der Waals surface area contributed by atoms with E-state index in [1.807, 2.05) is 6.92 Å². The largest absolute Gasteiger partial charge is 0.492 e. The van der Waals surface area contributed by atoms with Gasteiger partial charge in [0.05, 0.1) is 6.61 Å². The number of halogens is 1. The number of aromatic nitrogens is 3. The van der Waals surface area contributed by atoms with Crippen molar-refractivity contribution in [3.8, 4) is 5.75 Å². The molecule has 2 rings (SSSR count). The summed E-state index contributed by atoms with van der Waals surface area (Å²) in [7, 11) is 0. The average Bonchev–Trinajstić information content (AvgIpc) is 2.97. The van der Waals surface area contributed by atoms with Crippen LogP contribution >= 0.6 is 11.6 Å². The summed E-state index contributed by atoms with van der Waals surface area (Å²) < 4.78 is 13.4. The van der Waals surface area contributed by atoms with E-state index >= 15 is 0 Å². The Morgan fingerprint density at radius 3 is 2.41 bits per heavy atom. The van der Waals surface area contributed by atoms with Crippen LogP contribution in [0, 0.1) is 5.41 Å². The van der Waals surface area contributed by atoms with Gasteiger partial charge in [0, 0.05) is 10.4 Å². The Labute approximate surface area is 135 Å². The Bertz CT molecular complexity index is 628. The summed E-state index contributed by atoms with van der Waals surface area (Å²) in [6.07, 6.45) is 3.04. The van der Waals surface area contributed by atoms with E-state index in [0.717, 1.165) is 0 Å². The molecular weight excluding hydrogens is 302 g/mol. The first kappa shape index (κ1) is 16.4. The molecule has 0 saturated heterocycles. The highest BCUT2D eigenvalue weighted by Crippen LogP contribution is 2.32. The number of allylic oxidation sites excluding steroid dienone is 1. The lowest BCUT2D eigenvalue weighted by Crippen LogP contribution is -2.20. The fraction of sp³-hybridized carbons (Fsp3) is 0.375. The molecule has 0 radical (unpaired) electrons. The molecule has 118 valence electrons. The van der Waals surface area contributed by atoms with E-state index in [2.05, 4.69) is 30.9 Å². The zero-order chi connectivity index (χ0) is 16.2. The fourth-order valence-electron chi connectivity index (χ4n) is 1.87. The van der Waals surface area contributed by atoms with Crippen molar-refractivity contribution in [3.05, 3.63) is 47.7 Å². The molecule has 1 heterocycles. The Hall–Kier alpha value is -2.01. The highest BCUT2D eigenvalue weighted by Gasteiger charge is 2.26. The van der Waals surface area contributed by atoms with Crippen LogP contribution in [0.3, 0.4) is 0 Å². The third-order valence-electron chi connectivity index (χ3n) is 2.82. The molecule has 5 nitrogen and oxygen atoms in total. The number of ether oxygens (including phenoxy) is 2. The molecule has 0 saturated carbocycles. The SMILES string of the molecule is CCO/C(=C(\Oc1ccc(Cl)cc1)n1cncn1)C(C)(C)C. The van der Waals surface area contributed by atoms with Gasteiger partial charge in [-0.15, -0.1) is 0 Å². The predicted octanol–water partition coefficient (Wildman–Crippen LogP) is 4.22. The minimum atomic E-state index is -0.246. The molecular formula is C16H20ClN3O2. The zero-order valence-electron chi connectivity index (χ0n) is 13.2. The van der Waals surface area contributed by atoms with Crippen molar-refractivity contribution in [1.82, 2.24) is 14.8 Å². The van der Waals surface area contributed by atoms with E-state index in [-0.39, 0.29) is 5.41 Å². The lowest BCUT2D eigenvalue weighted by atomic mass is 9.94. The molecule has 0 atom stereocenters. The van der Waals surface area contributed by atoms with E-state index in [4.69, 9.17) is 21.1 Å². The lowest BCUT2D eigenvalue weighted by molar-refractivity contribution is 0.154. The molecule has 1 aromatic heterocycles. The van der Waals surface area contributed by atoms with Crippen molar-refractivity contribution < 1.29 is 9.47 Å². The molecule has 2 aromatic rings. The molecule has 1 aromatic carbocycles. The van der Waals surface area contributed by atoms with Crippen LogP contribution in [0.1, 0.15) is 27.7 Å². The van der Waals surface area contributed by atoms with Crippen LogP contribution in [-0.4, -0.2) is 21.4 Å². The summed E-state index contributed by atoms with van der Waals surface area (Å²) >= 11 is 5.91. The van der Waals surface area contributed by atoms with Gasteiger partial charge in [-0.3, -0.25) is 0 Å². The number of hydrogen-bond donors (Lipinski definition) is 0. The summed E-state index contributed by atoms with van der Waals surface area (Å²) in [5.74, 6) is 1.85. The van der Waals surface area contributed by atoms with Crippen molar-refractivity contribution in [2.45, 2.75) is 27.7 Å².